The predicted molar refractivity (Wildman–Crippen MR) is 61.4 cm³/mol. The molecule has 1 aliphatic rings. The molecule has 1 N–H and O–H groups in total. The average molecular weight is 271 g/mol. The molecule has 1 saturated heterocycles. The molecule has 0 spiro atoms. The van der Waals surface area contributed by atoms with Crippen LogP contribution in [-0.4, -0.2) is 29.3 Å². The molecule has 2 rings (SSSR count). The van der Waals surface area contributed by atoms with Gasteiger partial charge in [-0.25, -0.2) is 4.98 Å². The molecule has 0 radical (unpaired) electrons. The van der Waals surface area contributed by atoms with Crippen molar-refractivity contribution in [3.05, 3.63) is 23.4 Å². The lowest BCUT2D eigenvalue weighted by Crippen LogP contribution is -2.37. The number of nitriles is 1. The highest BCUT2D eigenvalue weighted by atomic mass is 19.4. The Balaban J connectivity index is 2.35. The number of pyridine rings is 1. The van der Waals surface area contributed by atoms with E-state index >= 15 is 0 Å². The summed E-state index contributed by atoms with van der Waals surface area (Å²) in [4.78, 5) is 5.17. The van der Waals surface area contributed by atoms with Crippen molar-refractivity contribution in [2.45, 2.75) is 25.1 Å². The Morgan fingerprint density at radius 3 is 2.47 bits per heavy atom. The van der Waals surface area contributed by atoms with Gasteiger partial charge in [-0.1, -0.05) is 0 Å². The Morgan fingerprint density at radius 1 is 1.32 bits per heavy atom. The molecule has 2 heterocycles. The van der Waals surface area contributed by atoms with E-state index in [4.69, 9.17) is 5.26 Å². The van der Waals surface area contributed by atoms with Gasteiger partial charge >= 0.3 is 6.18 Å². The highest BCUT2D eigenvalue weighted by Crippen LogP contribution is 2.31. The molecule has 0 saturated carbocycles. The SMILES string of the molecule is N#Cc1ccc(C(F)(F)F)nc1N1CCC(O)CC1. The van der Waals surface area contributed by atoms with Crippen molar-refractivity contribution >= 4 is 5.82 Å². The summed E-state index contributed by atoms with van der Waals surface area (Å²) >= 11 is 0. The summed E-state index contributed by atoms with van der Waals surface area (Å²) in [6, 6.07) is 3.79. The molecule has 1 aromatic rings. The van der Waals surface area contributed by atoms with Gasteiger partial charge in [0.05, 0.1) is 11.7 Å². The largest absolute Gasteiger partial charge is 0.433 e. The molecule has 0 unspecified atom stereocenters. The van der Waals surface area contributed by atoms with Crippen molar-refractivity contribution in [3.63, 3.8) is 0 Å². The second kappa shape index (κ2) is 5.05. The fraction of sp³-hybridized carbons (Fsp3) is 0.500. The minimum atomic E-state index is -4.53. The first-order valence-electron chi connectivity index (χ1n) is 5.83. The molecule has 0 bridgehead atoms. The maximum absolute atomic E-state index is 12.6. The van der Waals surface area contributed by atoms with E-state index in [1.165, 1.54) is 0 Å². The molecular weight excluding hydrogens is 259 g/mol. The number of alkyl halides is 3. The average Bonchev–Trinajstić information content (AvgIpc) is 2.38. The lowest BCUT2D eigenvalue weighted by molar-refractivity contribution is -0.141. The number of hydrogen-bond donors (Lipinski definition) is 1. The van der Waals surface area contributed by atoms with Crippen LogP contribution in [0.1, 0.15) is 24.1 Å². The van der Waals surface area contributed by atoms with E-state index in [0.717, 1.165) is 12.1 Å². The zero-order valence-corrected chi connectivity index (χ0v) is 9.98. The van der Waals surface area contributed by atoms with Gasteiger partial charge in [0.25, 0.3) is 0 Å². The smallest absolute Gasteiger partial charge is 0.393 e. The predicted octanol–water partition coefficient (Wildman–Crippen LogP) is 1.93. The van der Waals surface area contributed by atoms with Gasteiger partial charge in [0, 0.05) is 13.1 Å². The molecule has 102 valence electrons. The molecular formula is C12H12F3N3O. The molecule has 0 aromatic carbocycles. The Bertz CT molecular complexity index is 502. The minimum absolute atomic E-state index is 0.0456. The summed E-state index contributed by atoms with van der Waals surface area (Å²) in [6.45, 7) is 0.786. The number of aliphatic hydroxyl groups is 1. The summed E-state index contributed by atoms with van der Waals surface area (Å²) in [5.41, 5.74) is -0.892. The molecule has 1 aliphatic heterocycles. The maximum atomic E-state index is 12.6. The second-order valence-electron chi connectivity index (χ2n) is 4.40. The van der Waals surface area contributed by atoms with Gasteiger partial charge in [0.15, 0.2) is 0 Å². The van der Waals surface area contributed by atoms with Crippen LogP contribution in [0.5, 0.6) is 0 Å². The number of anilines is 1. The fourth-order valence-corrected chi connectivity index (χ4v) is 2.01. The molecule has 19 heavy (non-hydrogen) atoms. The Morgan fingerprint density at radius 2 is 1.95 bits per heavy atom. The third-order valence-electron chi connectivity index (χ3n) is 3.05. The first-order chi connectivity index (χ1) is 8.91. The van der Waals surface area contributed by atoms with Crippen molar-refractivity contribution in [1.82, 2.24) is 4.98 Å². The molecule has 4 nitrogen and oxygen atoms in total. The first kappa shape index (κ1) is 13.6. The summed E-state index contributed by atoms with van der Waals surface area (Å²) in [5.74, 6) is 0.0456. The van der Waals surface area contributed by atoms with Crippen LogP contribution >= 0.6 is 0 Å². The van der Waals surface area contributed by atoms with Crippen LogP contribution in [0.25, 0.3) is 0 Å². The Kier molecular flexibility index (Phi) is 3.62. The number of piperidine rings is 1. The zero-order chi connectivity index (χ0) is 14.0. The number of aliphatic hydroxyl groups excluding tert-OH is 1. The van der Waals surface area contributed by atoms with Crippen LogP contribution in [0.2, 0.25) is 0 Å². The monoisotopic (exact) mass is 271 g/mol. The normalized spacial score (nSPS) is 17.3. The van der Waals surface area contributed by atoms with E-state index in [1.54, 1.807) is 4.90 Å². The molecule has 1 fully saturated rings. The quantitative estimate of drug-likeness (QED) is 0.848. The number of hydrogen-bond acceptors (Lipinski definition) is 4. The lowest BCUT2D eigenvalue weighted by atomic mass is 10.1. The Labute approximate surface area is 108 Å². The third-order valence-corrected chi connectivity index (χ3v) is 3.05. The number of nitrogens with zero attached hydrogens (tertiary/aromatic N) is 3. The van der Waals surface area contributed by atoms with E-state index < -0.39 is 18.0 Å². The molecule has 0 atom stereocenters. The van der Waals surface area contributed by atoms with Gasteiger partial charge in [-0.3, -0.25) is 0 Å². The van der Waals surface area contributed by atoms with E-state index in [2.05, 4.69) is 4.98 Å². The molecule has 7 heteroatoms. The van der Waals surface area contributed by atoms with Crippen molar-refractivity contribution in [2.24, 2.45) is 0 Å². The van der Waals surface area contributed by atoms with Crippen LogP contribution < -0.4 is 4.90 Å². The van der Waals surface area contributed by atoms with E-state index in [1.807, 2.05) is 6.07 Å². The van der Waals surface area contributed by atoms with Crippen LogP contribution in [0.4, 0.5) is 19.0 Å². The van der Waals surface area contributed by atoms with Crippen LogP contribution in [0.15, 0.2) is 12.1 Å². The number of rotatable bonds is 1. The van der Waals surface area contributed by atoms with Gasteiger partial charge in [0.1, 0.15) is 17.6 Å². The third kappa shape index (κ3) is 2.96. The number of aromatic nitrogens is 1. The van der Waals surface area contributed by atoms with E-state index in [9.17, 15) is 18.3 Å². The Hall–Kier alpha value is -1.81. The van der Waals surface area contributed by atoms with Gasteiger partial charge in [-0.2, -0.15) is 18.4 Å². The van der Waals surface area contributed by atoms with E-state index in [-0.39, 0.29) is 11.4 Å². The first-order valence-corrected chi connectivity index (χ1v) is 5.83. The minimum Gasteiger partial charge on any atom is -0.393 e. The van der Waals surface area contributed by atoms with Gasteiger partial charge in [0.2, 0.25) is 0 Å². The standard InChI is InChI=1S/C12H12F3N3O/c13-12(14,15)10-2-1-8(7-16)11(17-10)18-5-3-9(19)4-6-18/h1-2,9,19H,3-6H2. The van der Waals surface area contributed by atoms with Crippen molar-refractivity contribution in [1.29, 1.82) is 5.26 Å². The van der Waals surface area contributed by atoms with Crippen LogP contribution in [0, 0.1) is 11.3 Å². The van der Waals surface area contributed by atoms with Gasteiger partial charge in [-0.05, 0) is 25.0 Å². The zero-order valence-electron chi connectivity index (χ0n) is 9.98. The van der Waals surface area contributed by atoms with Gasteiger partial charge < -0.3 is 10.0 Å². The van der Waals surface area contributed by atoms with Crippen molar-refractivity contribution < 1.29 is 18.3 Å². The highest BCUT2D eigenvalue weighted by molar-refractivity contribution is 5.54. The van der Waals surface area contributed by atoms with Crippen molar-refractivity contribution in [3.8, 4) is 6.07 Å². The molecule has 1 aromatic heterocycles. The summed E-state index contributed by atoms with van der Waals surface area (Å²) < 4.78 is 37.9. The van der Waals surface area contributed by atoms with Gasteiger partial charge in [-0.15, -0.1) is 0 Å². The topological polar surface area (TPSA) is 60.2 Å². The number of halogens is 3. The van der Waals surface area contributed by atoms with E-state index in [0.29, 0.717) is 25.9 Å². The lowest BCUT2D eigenvalue weighted by Gasteiger charge is -2.31. The summed E-state index contributed by atoms with van der Waals surface area (Å²) in [5, 5.41) is 18.3. The fourth-order valence-electron chi connectivity index (χ4n) is 2.01. The van der Waals surface area contributed by atoms with Crippen LogP contribution in [0.3, 0.4) is 0 Å². The summed E-state index contributed by atoms with van der Waals surface area (Å²) in [6.07, 6.45) is -4.04. The van der Waals surface area contributed by atoms with Crippen LogP contribution in [-0.2, 0) is 6.18 Å². The molecule has 0 aliphatic carbocycles. The molecule has 0 amide bonds. The summed E-state index contributed by atoms with van der Waals surface area (Å²) in [7, 11) is 0. The van der Waals surface area contributed by atoms with Crippen molar-refractivity contribution in [2.75, 3.05) is 18.0 Å². The second-order valence-corrected chi connectivity index (χ2v) is 4.40. The maximum Gasteiger partial charge on any atom is 0.433 e. The highest BCUT2D eigenvalue weighted by Gasteiger charge is 2.34.